The van der Waals surface area contributed by atoms with Crippen molar-refractivity contribution in [1.29, 1.82) is 0 Å². The van der Waals surface area contributed by atoms with E-state index in [0.717, 1.165) is 16.3 Å². The first-order valence-corrected chi connectivity index (χ1v) is 5.39. The van der Waals surface area contributed by atoms with E-state index >= 15 is 0 Å². The number of thiophene rings is 1. The molecule has 0 aliphatic heterocycles. The van der Waals surface area contributed by atoms with E-state index in [0.29, 0.717) is 10.4 Å². The normalized spacial score (nSPS) is 12.1. The van der Waals surface area contributed by atoms with E-state index in [2.05, 4.69) is 0 Å². The predicted molar refractivity (Wildman–Crippen MR) is 58.1 cm³/mol. The number of hydrogen-bond donors (Lipinski definition) is 0. The zero-order valence-electron chi connectivity index (χ0n) is 8.68. The Morgan fingerprint density at radius 3 is 2.50 bits per heavy atom. The molecular formula is C11H9F3OS. The van der Waals surface area contributed by atoms with E-state index in [1.54, 1.807) is 6.92 Å². The first kappa shape index (κ1) is 11.3. The first-order chi connectivity index (χ1) is 7.43. The standard InChI is InChI=1S/C11H9F3OS/c1-6-8-5-7(11(12,13)14)3-4-9(8)16-10(6)15-2/h3-5H,1-2H3. The molecule has 86 valence electrons. The van der Waals surface area contributed by atoms with Crippen LogP contribution in [-0.4, -0.2) is 7.11 Å². The Balaban J connectivity index is 2.66. The van der Waals surface area contributed by atoms with E-state index in [1.807, 2.05) is 0 Å². The van der Waals surface area contributed by atoms with Gasteiger partial charge in [-0.15, -0.1) is 0 Å². The van der Waals surface area contributed by atoms with E-state index in [-0.39, 0.29) is 0 Å². The van der Waals surface area contributed by atoms with Crippen LogP contribution in [0.25, 0.3) is 10.1 Å². The molecule has 1 aromatic carbocycles. The Bertz CT molecular complexity index is 528. The molecule has 0 aliphatic carbocycles. The molecule has 0 saturated carbocycles. The maximum absolute atomic E-state index is 12.5. The van der Waals surface area contributed by atoms with Crippen molar-refractivity contribution in [3.63, 3.8) is 0 Å². The van der Waals surface area contributed by atoms with Crippen LogP contribution in [0.15, 0.2) is 18.2 Å². The first-order valence-electron chi connectivity index (χ1n) is 4.58. The summed E-state index contributed by atoms with van der Waals surface area (Å²) in [7, 11) is 1.52. The van der Waals surface area contributed by atoms with Crippen molar-refractivity contribution in [1.82, 2.24) is 0 Å². The number of methoxy groups -OCH3 is 1. The van der Waals surface area contributed by atoms with Gasteiger partial charge < -0.3 is 4.74 Å². The van der Waals surface area contributed by atoms with E-state index in [4.69, 9.17) is 4.74 Å². The van der Waals surface area contributed by atoms with Crippen LogP contribution in [0, 0.1) is 6.92 Å². The lowest BCUT2D eigenvalue weighted by atomic mass is 10.1. The monoisotopic (exact) mass is 246 g/mol. The van der Waals surface area contributed by atoms with Gasteiger partial charge in [0.2, 0.25) is 0 Å². The summed E-state index contributed by atoms with van der Waals surface area (Å²) in [6.07, 6.45) is -4.30. The maximum atomic E-state index is 12.5. The predicted octanol–water partition coefficient (Wildman–Crippen LogP) is 4.24. The van der Waals surface area contributed by atoms with Crippen LogP contribution in [-0.2, 0) is 6.18 Å². The summed E-state index contributed by atoms with van der Waals surface area (Å²) >= 11 is 1.35. The smallest absolute Gasteiger partial charge is 0.416 e. The summed E-state index contributed by atoms with van der Waals surface area (Å²) in [6.45, 7) is 1.76. The highest BCUT2D eigenvalue weighted by molar-refractivity contribution is 7.21. The highest BCUT2D eigenvalue weighted by Gasteiger charge is 2.30. The molecule has 0 saturated heterocycles. The topological polar surface area (TPSA) is 9.23 Å². The average molecular weight is 246 g/mol. The number of ether oxygens (including phenoxy) is 1. The molecule has 2 aromatic rings. The van der Waals surface area contributed by atoms with Gasteiger partial charge in [-0.1, -0.05) is 11.3 Å². The van der Waals surface area contributed by atoms with E-state index in [9.17, 15) is 13.2 Å². The molecule has 1 aromatic heterocycles. The Labute approximate surface area is 94.5 Å². The minimum absolute atomic E-state index is 0.608. The molecule has 0 N–H and O–H groups in total. The maximum Gasteiger partial charge on any atom is 0.416 e. The van der Waals surface area contributed by atoms with Crippen LogP contribution in [0.2, 0.25) is 0 Å². The van der Waals surface area contributed by atoms with Crippen LogP contribution in [0.5, 0.6) is 5.06 Å². The molecule has 0 atom stereocenters. The van der Waals surface area contributed by atoms with Crippen LogP contribution in [0.1, 0.15) is 11.1 Å². The number of alkyl halides is 3. The lowest BCUT2D eigenvalue weighted by Crippen LogP contribution is -2.03. The molecule has 2 rings (SSSR count). The lowest BCUT2D eigenvalue weighted by molar-refractivity contribution is -0.137. The second kappa shape index (κ2) is 3.66. The minimum Gasteiger partial charge on any atom is -0.487 e. The van der Waals surface area contributed by atoms with Crippen LogP contribution in [0.4, 0.5) is 13.2 Å². The third kappa shape index (κ3) is 1.75. The van der Waals surface area contributed by atoms with Crippen molar-refractivity contribution in [2.45, 2.75) is 13.1 Å². The fraction of sp³-hybridized carbons (Fsp3) is 0.273. The number of benzene rings is 1. The van der Waals surface area contributed by atoms with Gasteiger partial charge in [0.15, 0.2) is 5.06 Å². The molecule has 0 spiro atoms. The van der Waals surface area contributed by atoms with Gasteiger partial charge in [0.25, 0.3) is 0 Å². The van der Waals surface area contributed by atoms with E-state index in [1.165, 1.54) is 30.6 Å². The Hall–Kier alpha value is -1.23. The molecule has 1 heterocycles. The second-order valence-corrected chi connectivity index (χ2v) is 4.44. The summed E-state index contributed by atoms with van der Waals surface area (Å²) in [6, 6.07) is 3.75. The van der Waals surface area contributed by atoms with Gasteiger partial charge in [0.05, 0.1) is 12.7 Å². The van der Waals surface area contributed by atoms with Gasteiger partial charge in [-0.2, -0.15) is 13.2 Å². The molecule has 0 unspecified atom stereocenters. The van der Waals surface area contributed by atoms with Crippen LogP contribution >= 0.6 is 11.3 Å². The highest BCUT2D eigenvalue weighted by atomic mass is 32.1. The Morgan fingerprint density at radius 2 is 1.94 bits per heavy atom. The fourth-order valence-corrected chi connectivity index (χ4v) is 2.57. The molecule has 1 nitrogen and oxygen atoms in total. The zero-order chi connectivity index (χ0) is 11.9. The average Bonchev–Trinajstić information content (AvgIpc) is 2.54. The van der Waals surface area contributed by atoms with Gasteiger partial charge in [0, 0.05) is 10.3 Å². The van der Waals surface area contributed by atoms with Crippen molar-refractivity contribution in [2.24, 2.45) is 0 Å². The van der Waals surface area contributed by atoms with Gasteiger partial charge >= 0.3 is 6.18 Å². The summed E-state index contributed by atoms with van der Waals surface area (Å²) in [5.41, 5.74) is 0.136. The van der Waals surface area contributed by atoms with Crippen LogP contribution < -0.4 is 4.74 Å². The Morgan fingerprint density at radius 1 is 1.25 bits per heavy atom. The molecule has 0 amide bonds. The van der Waals surface area contributed by atoms with Gasteiger partial charge in [-0.3, -0.25) is 0 Å². The fourth-order valence-electron chi connectivity index (χ4n) is 1.57. The molecule has 0 fully saturated rings. The summed E-state index contributed by atoms with van der Waals surface area (Å²) in [5, 5.41) is 1.27. The zero-order valence-corrected chi connectivity index (χ0v) is 9.50. The largest absolute Gasteiger partial charge is 0.487 e. The number of aryl methyl sites for hydroxylation is 1. The number of fused-ring (bicyclic) bond motifs is 1. The van der Waals surface area contributed by atoms with Crippen molar-refractivity contribution in [3.05, 3.63) is 29.3 Å². The minimum atomic E-state index is -4.30. The van der Waals surface area contributed by atoms with Crippen molar-refractivity contribution in [2.75, 3.05) is 7.11 Å². The summed E-state index contributed by atoms with van der Waals surface area (Å²) in [4.78, 5) is 0. The van der Waals surface area contributed by atoms with Crippen molar-refractivity contribution in [3.8, 4) is 5.06 Å². The van der Waals surface area contributed by atoms with Gasteiger partial charge in [-0.05, 0) is 30.5 Å². The third-order valence-corrected chi connectivity index (χ3v) is 3.64. The Kier molecular flexibility index (Phi) is 2.58. The molecule has 5 heteroatoms. The summed E-state index contributed by atoms with van der Waals surface area (Å²) in [5.74, 6) is 0. The lowest BCUT2D eigenvalue weighted by Gasteiger charge is -2.06. The second-order valence-electron chi connectivity index (χ2n) is 3.43. The third-order valence-electron chi connectivity index (χ3n) is 2.41. The number of rotatable bonds is 1. The molecule has 16 heavy (non-hydrogen) atoms. The number of halogens is 3. The number of hydrogen-bond acceptors (Lipinski definition) is 2. The molecule has 0 bridgehead atoms. The quantitative estimate of drug-likeness (QED) is 0.731. The van der Waals surface area contributed by atoms with Crippen LogP contribution in [0.3, 0.4) is 0 Å². The molecule has 0 radical (unpaired) electrons. The molecular weight excluding hydrogens is 237 g/mol. The highest BCUT2D eigenvalue weighted by Crippen LogP contribution is 2.39. The van der Waals surface area contributed by atoms with E-state index < -0.39 is 11.7 Å². The van der Waals surface area contributed by atoms with Crippen molar-refractivity contribution < 1.29 is 17.9 Å². The SMILES string of the molecule is COc1sc2ccc(C(F)(F)F)cc2c1C. The molecule has 0 aliphatic rings. The van der Waals surface area contributed by atoms with Gasteiger partial charge in [-0.25, -0.2) is 0 Å². The summed E-state index contributed by atoms with van der Waals surface area (Å²) < 4.78 is 43.4. The van der Waals surface area contributed by atoms with Crippen molar-refractivity contribution >= 4 is 21.4 Å². The van der Waals surface area contributed by atoms with Gasteiger partial charge in [0.1, 0.15) is 0 Å².